The molecule has 2 amide bonds. The van der Waals surface area contributed by atoms with Crippen LogP contribution in [0.5, 0.6) is 0 Å². The number of carbonyl (C=O) groups excluding carboxylic acids is 2. The molecule has 1 heterocycles. The highest BCUT2D eigenvalue weighted by Gasteiger charge is 2.26. The molecule has 1 aliphatic rings. The quantitative estimate of drug-likeness (QED) is 0.896. The minimum atomic E-state index is -0.413. The topological polar surface area (TPSA) is 61.4 Å². The van der Waals surface area contributed by atoms with Crippen LogP contribution in [0.15, 0.2) is 42.5 Å². The maximum Gasteiger partial charge on any atom is 0.225 e. The Kier molecular flexibility index (Phi) is 4.70. The molecule has 0 fully saturated rings. The summed E-state index contributed by atoms with van der Waals surface area (Å²) in [6.45, 7) is 0. The molecule has 5 nitrogen and oxygen atoms in total. The molecule has 2 aromatic carbocycles. The lowest BCUT2D eigenvalue weighted by atomic mass is 9.88. The molecule has 130 valence electrons. The van der Waals surface area contributed by atoms with Crippen LogP contribution in [-0.2, 0) is 9.59 Å². The molecule has 2 N–H and O–H groups in total. The highest BCUT2D eigenvalue weighted by Crippen LogP contribution is 2.34. The van der Waals surface area contributed by atoms with Crippen LogP contribution in [0, 0.1) is 5.82 Å². The lowest BCUT2D eigenvalue weighted by Gasteiger charge is -2.25. The van der Waals surface area contributed by atoms with Crippen LogP contribution in [0.3, 0.4) is 0 Å². The van der Waals surface area contributed by atoms with Crippen molar-refractivity contribution in [3.05, 3.63) is 53.8 Å². The van der Waals surface area contributed by atoms with Gasteiger partial charge in [0.1, 0.15) is 5.82 Å². The number of benzene rings is 2. The zero-order valence-corrected chi connectivity index (χ0v) is 14.2. The van der Waals surface area contributed by atoms with Crippen LogP contribution in [0.1, 0.15) is 24.3 Å². The summed E-state index contributed by atoms with van der Waals surface area (Å²) in [6.07, 6.45) is 0.425. The number of anilines is 3. The molecule has 1 unspecified atom stereocenters. The fourth-order valence-corrected chi connectivity index (χ4v) is 3.02. The Bertz CT molecular complexity index is 820. The van der Waals surface area contributed by atoms with E-state index in [9.17, 15) is 14.0 Å². The molecule has 0 saturated heterocycles. The standard InChI is InChI=1S/C19H20FN3O2/c1-23(2)15-10-13(20)9-14(11-15)21-18(24)7-12-8-19(25)22-17-6-4-3-5-16(12)17/h3-6,9-12H,7-8H2,1-2H3,(H,21,24)(H,22,25). The molecule has 0 saturated carbocycles. The molecule has 0 aromatic heterocycles. The number of halogens is 1. The molecule has 0 bridgehead atoms. The van der Waals surface area contributed by atoms with Gasteiger partial charge in [-0.3, -0.25) is 9.59 Å². The highest BCUT2D eigenvalue weighted by atomic mass is 19.1. The highest BCUT2D eigenvalue weighted by molar-refractivity contribution is 5.97. The van der Waals surface area contributed by atoms with Gasteiger partial charge in [0, 0.05) is 49.9 Å². The summed E-state index contributed by atoms with van der Waals surface area (Å²) in [5, 5.41) is 5.55. The Labute approximate surface area is 145 Å². The van der Waals surface area contributed by atoms with Crippen molar-refractivity contribution in [2.75, 3.05) is 29.6 Å². The average molecular weight is 341 g/mol. The summed E-state index contributed by atoms with van der Waals surface area (Å²) in [6, 6.07) is 11.9. The van der Waals surface area contributed by atoms with Crippen LogP contribution in [0.25, 0.3) is 0 Å². The van der Waals surface area contributed by atoms with Crippen molar-refractivity contribution in [2.24, 2.45) is 0 Å². The molecular weight excluding hydrogens is 321 g/mol. The summed E-state index contributed by atoms with van der Waals surface area (Å²) in [7, 11) is 3.61. The third-order valence-electron chi connectivity index (χ3n) is 4.22. The molecule has 0 spiro atoms. The zero-order valence-electron chi connectivity index (χ0n) is 14.2. The Morgan fingerprint density at radius 1 is 1.28 bits per heavy atom. The Morgan fingerprint density at radius 3 is 2.80 bits per heavy atom. The maximum absolute atomic E-state index is 13.7. The molecular formula is C19H20FN3O2. The van der Waals surface area contributed by atoms with Gasteiger partial charge in [-0.15, -0.1) is 0 Å². The number of para-hydroxylation sites is 1. The van der Waals surface area contributed by atoms with Crippen molar-refractivity contribution in [2.45, 2.75) is 18.8 Å². The van der Waals surface area contributed by atoms with E-state index in [1.165, 1.54) is 12.1 Å². The first kappa shape index (κ1) is 17.0. The minimum absolute atomic E-state index is 0.0999. The molecule has 1 aliphatic heterocycles. The van der Waals surface area contributed by atoms with Gasteiger partial charge < -0.3 is 15.5 Å². The lowest BCUT2D eigenvalue weighted by Crippen LogP contribution is -2.26. The number of hydrogen-bond acceptors (Lipinski definition) is 3. The van der Waals surface area contributed by atoms with Crippen LogP contribution in [-0.4, -0.2) is 25.9 Å². The van der Waals surface area contributed by atoms with Gasteiger partial charge in [0.05, 0.1) is 0 Å². The van der Waals surface area contributed by atoms with Crippen molar-refractivity contribution < 1.29 is 14.0 Å². The van der Waals surface area contributed by atoms with Gasteiger partial charge in [-0.1, -0.05) is 18.2 Å². The molecule has 2 aromatic rings. The largest absolute Gasteiger partial charge is 0.378 e. The third-order valence-corrected chi connectivity index (χ3v) is 4.22. The summed E-state index contributed by atoms with van der Waals surface area (Å²) in [5.41, 5.74) is 2.77. The van der Waals surface area contributed by atoms with Gasteiger partial charge >= 0.3 is 0 Å². The van der Waals surface area contributed by atoms with Crippen LogP contribution in [0.2, 0.25) is 0 Å². The fraction of sp³-hybridized carbons (Fsp3) is 0.263. The summed E-state index contributed by atoms with van der Waals surface area (Å²) < 4.78 is 13.7. The predicted molar refractivity (Wildman–Crippen MR) is 96.4 cm³/mol. The second-order valence-electron chi connectivity index (χ2n) is 6.38. The summed E-state index contributed by atoms with van der Waals surface area (Å²) in [5.74, 6) is -0.947. The third kappa shape index (κ3) is 3.96. The SMILES string of the molecule is CN(C)c1cc(F)cc(NC(=O)CC2CC(=O)Nc3ccccc32)c1. The van der Waals surface area contributed by atoms with Gasteiger partial charge in [-0.25, -0.2) is 4.39 Å². The van der Waals surface area contributed by atoms with Gasteiger partial charge in [-0.2, -0.15) is 0 Å². The minimum Gasteiger partial charge on any atom is -0.378 e. The predicted octanol–water partition coefficient (Wildman–Crippen LogP) is 3.35. The number of carbonyl (C=O) groups is 2. The van der Waals surface area contributed by atoms with Crippen molar-refractivity contribution in [1.82, 2.24) is 0 Å². The molecule has 6 heteroatoms. The molecule has 1 atom stereocenters. The molecule has 3 rings (SSSR count). The second-order valence-corrected chi connectivity index (χ2v) is 6.38. The van der Waals surface area contributed by atoms with E-state index in [1.54, 1.807) is 25.1 Å². The van der Waals surface area contributed by atoms with Crippen LogP contribution < -0.4 is 15.5 Å². The molecule has 0 radical (unpaired) electrons. The maximum atomic E-state index is 13.7. The van der Waals surface area contributed by atoms with Gasteiger partial charge in [0.15, 0.2) is 0 Å². The number of rotatable bonds is 4. The number of amides is 2. The van der Waals surface area contributed by atoms with Gasteiger partial charge in [0.2, 0.25) is 11.8 Å². The fourth-order valence-electron chi connectivity index (χ4n) is 3.02. The Morgan fingerprint density at radius 2 is 2.04 bits per heavy atom. The van der Waals surface area contributed by atoms with Crippen molar-refractivity contribution in [1.29, 1.82) is 0 Å². The first-order valence-corrected chi connectivity index (χ1v) is 8.09. The van der Waals surface area contributed by atoms with Crippen LogP contribution >= 0.6 is 0 Å². The first-order chi connectivity index (χ1) is 11.9. The number of nitrogens with one attached hydrogen (secondary N) is 2. The van der Waals surface area contributed by atoms with Gasteiger partial charge in [0.25, 0.3) is 0 Å². The van der Waals surface area contributed by atoms with E-state index in [0.717, 1.165) is 11.3 Å². The molecule has 0 aliphatic carbocycles. The summed E-state index contributed by atoms with van der Waals surface area (Å²) in [4.78, 5) is 26.0. The zero-order chi connectivity index (χ0) is 18.0. The van der Waals surface area contributed by atoms with E-state index >= 15 is 0 Å². The number of nitrogens with zero attached hydrogens (tertiary/aromatic N) is 1. The van der Waals surface area contributed by atoms with E-state index in [2.05, 4.69) is 10.6 Å². The van der Waals surface area contributed by atoms with E-state index in [4.69, 9.17) is 0 Å². The Balaban J connectivity index is 1.74. The van der Waals surface area contributed by atoms with Crippen LogP contribution in [0.4, 0.5) is 21.5 Å². The van der Waals surface area contributed by atoms with Crippen molar-refractivity contribution in [3.63, 3.8) is 0 Å². The number of fused-ring (bicyclic) bond motifs is 1. The van der Waals surface area contributed by atoms with E-state index in [0.29, 0.717) is 11.4 Å². The average Bonchev–Trinajstić information content (AvgIpc) is 2.53. The number of hydrogen-bond donors (Lipinski definition) is 2. The van der Waals surface area contributed by atoms with Crippen molar-refractivity contribution in [3.8, 4) is 0 Å². The van der Waals surface area contributed by atoms with E-state index in [1.807, 2.05) is 24.3 Å². The Hall–Kier alpha value is -2.89. The summed E-state index contributed by atoms with van der Waals surface area (Å²) >= 11 is 0. The first-order valence-electron chi connectivity index (χ1n) is 8.09. The molecule has 25 heavy (non-hydrogen) atoms. The van der Waals surface area contributed by atoms with E-state index in [-0.39, 0.29) is 30.6 Å². The van der Waals surface area contributed by atoms with E-state index < -0.39 is 5.82 Å². The second kappa shape index (κ2) is 6.93. The smallest absolute Gasteiger partial charge is 0.225 e. The monoisotopic (exact) mass is 341 g/mol. The normalized spacial score (nSPS) is 16.0. The van der Waals surface area contributed by atoms with Gasteiger partial charge in [-0.05, 0) is 29.8 Å². The lowest BCUT2D eigenvalue weighted by molar-refractivity contribution is -0.118. The van der Waals surface area contributed by atoms with Crippen molar-refractivity contribution >= 4 is 28.9 Å².